The molecule has 0 fully saturated rings. The summed E-state index contributed by atoms with van der Waals surface area (Å²) in [7, 11) is 3.74. The summed E-state index contributed by atoms with van der Waals surface area (Å²) >= 11 is 0. The molecule has 0 saturated carbocycles. The average Bonchev–Trinajstić information content (AvgIpc) is 2.25. The molecule has 1 rings (SSSR count). The Labute approximate surface area is 115 Å². The lowest BCUT2D eigenvalue weighted by Crippen LogP contribution is -2.43. The SMILES string of the molecule is C=C(C)C1=C(N(C)C)OCCN1C(=O)OC(C)(C)C. The third-order valence-corrected chi connectivity index (χ3v) is 2.45. The minimum absolute atomic E-state index is 0.367. The summed E-state index contributed by atoms with van der Waals surface area (Å²) in [5, 5.41) is 0. The molecular formula is C14H24N2O3. The van der Waals surface area contributed by atoms with E-state index in [9.17, 15) is 4.79 Å². The number of hydrogen-bond acceptors (Lipinski definition) is 4. The van der Waals surface area contributed by atoms with Gasteiger partial charge in [0.25, 0.3) is 0 Å². The fraction of sp³-hybridized carbons (Fsp3) is 0.643. The van der Waals surface area contributed by atoms with Gasteiger partial charge in [0.05, 0.1) is 6.54 Å². The van der Waals surface area contributed by atoms with Gasteiger partial charge in [-0.3, -0.25) is 4.90 Å². The Morgan fingerprint density at radius 3 is 2.42 bits per heavy atom. The van der Waals surface area contributed by atoms with Crippen LogP contribution >= 0.6 is 0 Å². The van der Waals surface area contributed by atoms with E-state index in [1.54, 1.807) is 4.90 Å². The molecule has 0 aromatic heterocycles. The van der Waals surface area contributed by atoms with E-state index in [0.717, 1.165) is 5.57 Å². The van der Waals surface area contributed by atoms with Crippen LogP contribution in [-0.2, 0) is 9.47 Å². The molecule has 108 valence electrons. The molecule has 0 aliphatic carbocycles. The molecule has 0 atom stereocenters. The monoisotopic (exact) mass is 268 g/mol. The number of nitrogens with zero attached hydrogens (tertiary/aromatic N) is 2. The van der Waals surface area contributed by atoms with E-state index >= 15 is 0 Å². The standard InChI is InChI=1S/C14H24N2O3/c1-10(2)11-12(15(6)7)18-9-8-16(11)13(17)19-14(3,4)5/h1,8-9H2,2-7H3. The van der Waals surface area contributed by atoms with Crippen LogP contribution in [0.2, 0.25) is 0 Å². The molecule has 1 aliphatic heterocycles. The second-order valence-electron chi connectivity index (χ2n) is 5.81. The Morgan fingerprint density at radius 2 is 2.00 bits per heavy atom. The molecule has 0 bridgehead atoms. The number of rotatable bonds is 2. The maximum atomic E-state index is 12.3. The molecule has 1 heterocycles. The molecule has 0 radical (unpaired) electrons. The third-order valence-electron chi connectivity index (χ3n) is 2.45. The zero-order valence-electron chi connectivity index (χ0n) is 12.7. The zero-order chi connectivity index (χ0) is 14.8. The highest BCUT2D eigenvalue weighted by atomic mass is 16.6. The lowest BCUT2D eigenvalue weighted by Gasteiger charge is -2.35. The van der Waals surface area contributed by atoms with Crippen LogP contribution < -0.4 is 0 Å². The molecule has 0 unspecified atom stereocenters. The second kappa shape index (κ2) is 5.55. The van der Waals surface area contributed by atoms with Crippen LogP contribution in [0.4, 0.5) is 4.79 Å². The predicted octanol–water partition coefficient (Wildman–Crippen LogP) is 2.56. The highest BCUT2D eigenvalue weighted by Gasteiger charge is 2.31. The summed E-state index contributed by atoms with van der Waals surface area (Å²) in [6.07, 6.45) is -0.367. The minimum atomic E-state index is -0.520. The second-order valence-corrected chi connectivity index (χ2v) is 5.81. The highest BCUT2D eigenvalue weighted by molar-refractivity contribution is 5.72. The lowest BCUT2D eigenvalue weighted by atomic mass is 10.2. The molecule has 0 saturated heterocycles. The molecule has 5 nitrogen and oxygen atoms in total. The molecule has 5 heteroatoms. The average molecular weight is 268 g/mol. The summed E-state index contributed by atoms with van der Waals surface area (Å²) in [6, 6.07) is 0. The van der Waals surface area contributed by atoms with Crippen molar-refractivity contribution in [3.05, 3.63) is 23.7 Å². The maximum absolute atomic E-state index is 12.3. The van der Waals surface area contributed by atoms with Crippen LogP contribution in [0, 0.1) is 0 Å². The highest BCUT2D eigenvalue weighted by Crippen LogP contribution is 2.26. The topological polar surface area (TPSA) is 42.0 Å². The van der Waals surface area contributed by atoms with Crippen molar-refractivity contribution in [2.45, 2.75) is 33.3 Å². The summed E-state index contributed by atoms with van der Waals surface area (Å²) in [6.45, 7) is 12.2. The van der Waals surface area contributed by atoms with E-state index in [-0.39, 0.29) is 6.09 Å². The van der Waals surface area contributed by atoms with Gasteiger partial charge in [-0.1, -0.05) is 6.58 Å². The molecule has 0 N–H and O–H groups in total. The van der Waals surface area contributed by atoms with Crippen molar-refractivity contribution in [1.29, 1.82) is 0 Å². The Balaban J connectivity index is 3.08. The van der Waals surface area contributed by atoms with Crippen molar-refractivity contribution in [3.63, 3.8) is 0 Å². The molecular weight excluding hydrogens is 244 g/mol. The fourth-order valence-electron chi connectivity index (χ4n) is 1.78. The quantitative estimate of drug-likeness (QED) is 0.772. The van der Waals surface area contributed by atoms with Crippen molar-refractivity contribution in [2.75, 3.05) is 27.2 Å². The minimum Gasteiger partial charge on any atom is -0.476 e. The van der Waals surface area contributed by atoms with Gasteiger partial charge in [-0.2, -0.15) is 0 Å². The van der Waals surface area contributed by atoms with E-state index in [1.807, 2.05) is 46.7 Å². The van der Waals surface area contributed by atoms with Crippen molar-refractivity contribution in [1.82, 2.24) is 9.80 Å². The van der Waals surface area contributed by atoms with Gasteiger partial charge in [-0.25, -0.2) is 4.79 Å². The van der Waals surface area contributed by atoms with Crippen LogP contribution in [-0.4, -0.2) is 48.7 Å². The van der Waals surface area contributed by atoms with Gasteiger partial charge in [-0.05, 0) is 33.3 Å². The predicted molar refractivity (Wildman–Crippen MR) is 74.4 cm³/mol. The molecule has 1 aliphatic rings. The first kappa shape index (κ1) is 15.4. The third kappa shape index (κ3) is 3.91. The number of ether oxygens (including phenoxy) is 2. The normalized spacial score (nSPS) is 16.0. The van der Waals surface area contributed by atoms with Gasteiger partial charge < -0.3 is 14.4 Å². The molecule has 19 heavy (non-hydrogen) atoms. The van der Waals surface area contributed by atoms with E-state index in [1.165, 1.54) is 0 Å². The Hall–Kier alpha value is -1.65. The molecule has 0 spiro atoms. The first-order chi connectivity index (χ1) is 8.63. The zero-order valence-corrected chi connectivity index (χ0v) is 12.7. The van der Waals surface area contributed by atoms with Crippen LogP contribution in [0.3, 0.4) is 0 Å². The van der Waals surface area contributed by atoms with E-state index in [2.05, 4.69) is 6.58 Å². The van der Waals surface area contributed by atoms with Crippen LogP contribution in [0.15, 0.2) is 23.7 Å². The number of hydrogen-bond donors (Lipinski definition) is 0. The number of carbonyl (C=O) groups is 1. The fourth-order valence-corrected chi connectivity index (χ4v) is 1.78. The van der Waals surface area contributed by atoms with E-state index in [0.29, 0.717) is 24.7 Å². The van der Waals surface area contributed by atoms with Gasteiger partial charge >= 0.3 is 6.09 Å². The Morgan fingerprint density at radius 1 is 1.42 bits per heavy atom. The number of carbonyl (C=O) groups excluding carboxylic acids is 1. The van der Waals surface area contributed by atoms with Gasteiger partial charge in [-0.15, -0.1) is 0 Å². The van der Waals surface area contributed by atoms with Gasteiger partial charge in [0.2, 0.25) is 5.88 Å². The van der Waals surface area contributed by atoms with Crippen molar-refractivity contribution >= 4 is 6.09 Å². The largest absolute Gasteiger partial charge is 0.476 e. The Bertz CT molecular complexity index is 405. The first-order valence-electron chi connectivity index (χ1n) is 6.34. The summed E-state index contributed by atoms with van der Waals surface area (Å²) in [5.74, 6) is 0.643. The van der Waals surface area contributed by atoms with Gasteiger partial charge in [0.15, 0.2) is 0 Å². The summed E-state index contributed by atoms with van der Waals surface area (Å²) in [5.41, 5.74) is 0.938. The van der Waals surface area contributed by atoms with Crippen molar-refractivity contribution < 1.29 is 14.3 Å². The van der Waals surface area contributed by atoms with E-state index in [4.69, 9.17) is 9.47 Å². The molecule has 0 aromatic carbocycles. The smallest absolute Gasteiger partial charge is 0.415 e. The van der Waals surface area contributed by atoms with Gasteiger partial charge in [0.1, 0.15) is 17.9 Å². The number of allylic oxidation sites excluding steroid dienone is 1. The van der Waals surface area contributed by atoms with Crippen molar-refractivity contribution in [2.24, 2.45) is 0 Å². The molecule has 1 amide bonds. The maximum Gasteiger partial charge on any atom is 0.415 e. The first-order valence-corrected chi connectivity index (χ1v) is 6.34. The van der Waals surface area contributed by atoms with Crippen LogP contribution in [0.1, 0.15) is 27.7 Å². The van der Waals surface area contributed by atoms with Crippen LogP contribution in [0.5, 0.6) is 0 Å². The van der Waals surface area contributed by atoms with E-state index < -0.39 is 5.60 Å². The lowest BCUT2D eigenvalue weighted by molar-refractivity contribution is 0.0148. The number of amides is 1. The van der Waals surface area contributed by atoms with Crippen molar-refractivity contribution in [3.8, 4) is 0 Å². The van der Waals surface area contributed by atoms with Gasteiger partial charge in [0, 0.05) is 14.1 Å². The summed E-state index contributed by atoms with van der Waals surface area (Å²) in [4.78, 5) is 15.7. The Kier molecular flexibility index (Phi) is 4.50. The summed E-state index contributed by atoms with van der Waals surface area (Å²) < 4.78 is 11.0. The van der Waals surface area contributed by atoms with Crippen LogP contribution in [0.25, 0.3) is 0 Å². The molecule has 0 aromatic rings.